The lowest BCUT2D eigenvalue weighted by molar-refractivity contribution is 1.34. The first-order valence-corrected chi connectivity index (χ1v) is 48.5. The third-order valence-electron chi connectivity index (χ3n) is 19.1. The van der Waals surface area contributed by atoms with E-state index in [1.165, 1.54) is 44.5 Å². The number of rotatable bonds is 6. The lowest BCUT2D eigenvalue weighted by atomic mass is 10.1. The maximum atomic E-state index is 2.66. The van der Waals surface area contributed by atoms with Gasteiger partial charge >= 0.3 is 0 Å². The zero-order valence-electron chi connectivity index (χ0n) is 48.7. The Labute approximate surface area is 451 Å². The molecule has 5 saturated heterocycles. The van der Waals surface area contributed by atoms with Crippen LogP contribution in [0.25, 0.3) is 0 Å². The molecule has 0 aliphatic carbocycles. The van der Waals surface area contributed by atoms with E-state index in [-0.39, 0.29) is 0 Å². The Morgan fingerprint density at radius 2 is 0.284 bits per heavy atom. The van der Waals surface area contributed by atoms with Gasteiger partial charge in [0, 0.05) is 0 Å². The van der Waals surface area contributed by atoms with Crippen LogP contribution < -0.4 is 31.1 Å². The van der Waals surface area contributed by atoms with Crippen LogP contribution in [-0.4, -0.2) is 39.8 Å². The first-order chi connectivity index (χ1) is 35.0. The van der Waals surface area contributed by atoms with Crippen molar-refractivity contribution >= 4 is 70.9 Å². The summed E-state index contributed by atoms with van der Waals surface area (Å²) >= 11 is 0. The predicted octanol–water partition coefficient (Wildman–Crippen LogP) is 12.4. The van der Waals surface area contributed by atoms with E-state index in [1.54, 1.807) is 66.8 Å². The summed E-state index contributed by atoms with van der Waals surface area (Å²) in [6.07, 6.45) is 0. The Morgan fingerprint density at radius 1 is 0.162 bits per heavy atom. The molecular weight excluding hydrogens is 985 g/mol. The van der Waals surface area contributed by atoms with Crippen LogP contribution in [0.2, 0.25) is 0 Å². The second-order valence-corrected chi connectivity index (χ2v) is 104. The Bertz CT molecular complexity index is 2890. The maximum Gasteiger partial charge on any atom is 0.0719 e. The maximum absolute atomic E-state index is 2.66. The van der Waals surface area contributed by atoms with Crippen molar-refractivity contribution in [1.29, 1.82) is 0 Å². The van der Waals surface area contributed by atoms with E-state index in [0.29, 0.717) is 0 Å². The van der Waals surface area contributed by atoms with Gasteiger partial charge in [-0.1, -0.05) is 276 Å². The standard InChI is InChI=1S/C54H66Si6.2C7H8/c1-31-19-37(7)49(38(8)20-31)55-56(50-39(9)21-32(2)22-40(50)10)57(55,51-41(11)23-33(3)24-42(51)12)60(54-47(17)29-36(6)30-48(54)18)58(55,52-43(13)25-34(4)26-44(52)14)59(56,60)53-45(15)27-35(5)28-46(53)16;2*1-7-5-3-2-4-6-7/h19-30H,1-18H3;2*2-6H,1H3. The second kappa shape index (κ2) is 17.8. The molecule has 0 atom stereocenters. The number of hydrogen-bond donors (Lipinski definition) is 0. The summed E-state index contributed by atoms with van der Waals surface area (Å²) < 4.78 is 0. The van der Waals surface area contributed by atoms with Crippen LogP contribution >= 0.6 is 0 Å². The summed E-state index contributed by atoms with van der Waals surface area (Å²) in [4.78, 5) is 0. The van der Waals surface area contributed by atoms with Gasteiger partial charge in [0.15, 0.2) is 0 Å². The van der Waals surface area contributed by atoms with E-state index >= 15 is 0 Å². The Hall–Kier alpha value is -4.94. The summed E-state index contributed by atoms with van der Waals surface area (Å²) in [7, 11) is 0. The van der Waals surface area contributed by atoms with Crippen molar-refractivity contribution in [3.05, 3.63) is 245 Å². The van der Waals surface area contributed by atoms with E-state index in [9.17, 15) is 0 Å². The molecule has 0 amide bonds. The zero-order valence-corrected chi connectivity index (χ0v) is 54.7. The van der Waals surface area contributed by atoms with E-state index in [0.717, 1.165) is 0 Å². The molecule has 0 radical (unpaired) electrons. The minimum Gasteiger partial charge on any atom is -0.0622 e. The van der Waals surface area contributed by atoms with Gasteiger partial charge in [0.25, 0.3) is 0 Å². The zero-order chi connectivity index (χ0) is 53.6. The van der Waals surface area contributed by atoms with Gasteiger partial charge in [-0.3, -0.25) is 0 Å². The van der Waals surface area contributed by atoms with Crippen LogP contribution in [0.5, 0.6) is 0 Å². The van der Waals surface area contributed by atoms with Crippen molar-refractivity contribution in [2.45, 2.75) is 138 Å². The molecule has 13 rings (SSSR count). The molecule has 6 heteroatoms. The second-order valence-electron chi connectivity index (χ2n) is 24.5. The topological polar surface area (TPSA) is 0 Å². The van der Waals surface area contributed by atoms with Crippen molar-refractivity contribution < 1.29 is 0 Å². The third-order valence-corrected chi connectivity index (χ3v) is 261. The average molecular weight is 1070 g/mol. The molecule has 0 aromatic heterocycles. The van der Waals surface area contributed by atoms with Crippen LogP contribution in [0.4, 0.5) is 0 Å². The molecule has 378 valence electrons. The molecule has 0 nitrogen and oxygen atoms in total. The van der Waals surface area contributed by atoms with Gasteiger partial charge in [0.2, 0.25) is 0 Å². The number of benzene rings is 8. The van der Waals surface area contributed by atoms with Crippen LogP contribution in [0, 0.1) is 138 Å². The van der Waals surface area contributed by atoms with Crippen molar-refractivity contribution in [2.75, 3.05) is 0 Å². The highest BCUT2D eigenvalue weighted by Gasteiger charge is 3.41. The lowest BCUT2D eigenvalue weighted by Crippen LogP contribution is -2.92. The molecule has 5 heterocycles. The molecule has 8 aromatic carbocycles. The van der Waals surface area contributed by atoms with Crippen LogP contribution in [0.1, 0.15) is 111 Å². The fourth-order valence-electron chi connectivity index (χ4n) is 19.4. The number of hydrogen-bond acceptors (Lipinski definition) is 0. The molecule has 0 unspecified atom stereocenters. The Kier molecular flexibility index (Phi) is 12.6. The van der Waals surface area contributed by atoms with Gasteiger partial charge in [0.1, 0.15) is 0 Å². The van der Waals surface area contributed by atoms with Crippen molar-refractivity contribution in [3.63, 3.8) is 0 Å². The van der Waals surface area contributed by atoms with E-state index in [4.69, 9.17) is 0 Å². The van der Waals surface area contributed by atoms with Crippen LogP contribution in [-0.2, 0) is 0 Å². The van der Waals surface area contributed by atoms with Gasteiger partial charge in [-0.25, -0.2) is 0 Å². The minimum absolute atomic E-state index is 1.32. The van der Waals surface area contributed by atoms with E-state index < -0.39 is 39.8 Å². The Morgan fingerprint density at radius 3 is 0.378 bits per heavy atom. The van der Waals surface area contributed by atoms with E-state index in [2.05, 4.69) is 236 Å². The molecule has 0 spiro atoms. The van der Waals surface area contributed by atoms with Crippen molar-refractivity contribution in [3.8, 4) is 0 Å². The fourth-order valence-corrected chi connectivity index (χ4v) is 674. The fraction of sp³-hybridized carbons (Fsp3) is 0.294. The highest BCUT2D eigenvalue weighted by atomic mass is 31.1. The van der Waals surface area contributed by atoms with Crippen molar-refractivity contribution in [1.82, 2.24) is 0 Å². The summed E-state index contributed by atoms with van der Waals surface area (Å²) in [5, 5.41) is 12.0. The van der Waals surface area contributed by atoms with Gasteiger partial charge in [-0.15, -0.1) is 0 Å². The molecule has 5 aliphatic rings. The molecule has 0 saturated carbocycles. The van der Waals surface area contributed by atoms with Gasteiger partial charge < -0.3 is 0 Å². The summed E-state index contributed by atoms with van der Waals surface area (Å²) in [5.41, 5.74) is 31.3. The molecule has 0 bridgehead atoms. The normalized spacial score (nSPS) is 25.1. The quantitative estimate of drug-likeness (QED) is 0.146. The predicted molar refractivity (Wildman–Crippen MR) is 339 cm³/mol. The molecule has 8 aromatic rings. The first-order valence-electron chi connectivity index (χ1n) is 27.5. The van der Waals surface area contributed by atoms with E-state index in [1.807, 2.05) is 67.5 Å². The molecule has 74 heavy (non-hydrogen) atoms. The first kappa shape index (κ1) is 52.5. The van der Waals surface area contributed by atoms with Gasteiger partial charge in [-0.05, 0) is 138 Å². The lowest BCUT2D eigenvalue weighted by Gasteiger charge is -2.52. The summed E-state index contributed by atoms with van der Waals surface area (Å²) in [5.74, 6) is 0. The smallest absolute Gasteiger partial charge is 0.0622 e. The SMILES string of the molecule is Cc1cc(C)c([Si]23[Si]4(c5c(C)cc(C)cc5C)[Si]2(c2c(C)cc(C)cc2C)[Si]2(c5c(C)cc(C)cc5C)[Si]3(c3c(C)cc(C)cc3C)[Si]42c2c(C)cc(C)cc2C)c(C)c1.Cc1ccccc1.Cc1ccccc1. The van der Waals surface area contributed by atoms with Crippen molar-refractivity contribution in [2.24, 2.45) is 0 Å². The highest BCUT2D eigenvalue weighted by Crippen LogP contribution is 2.98. The van der Waals surface area contributed by atoms with Crippen LogP contribution in [0.3, 0.4) is 0 Å². The molecule has 5 fully saturated rings. The van der Waals surface area contributed by atoms with Crippen LogP contribution in [0.15, 0.2) is 133 Å². The average Bonchev–Trinajstić information content (AvgIpc) is 1.64. The summed E-state index contributed by atoms with van der Waals surface area (Å²) in [6, 6.07) is 52.4. The Balaban J connectivity index is 0.000000388. The highest BCUT2D eigenvalue weighted by molar-refractivity contribution is 8.97. The van der Waals surface area contributed by atoms with Gasteiger partial charge in [-0.2, -0.15) is 0 Å². The molecule has 0 N–H and O–H groups in total. The monoisotopic (exact) mass is 1070 g/mol. The third kappa shape index (κ3) is 6.04. The minimum atomic E-state index is -2.29. The molecule has 5 aliphatic heterocycles. The summed E-state index contributed by atoms with van der Waals surface area (Å²) in [6.45, 7) is 35.8. The number of aryl methyl sites for hydroxylation is 20. The largest absolute Gasteiger partial charge is 0.0719 e. The van der Waals surface area contributed by atoms with Gasteiger partial charge in [0.05, 0.1) is 39.8 Å². The molecular formula is C68H82Si6.